The summed E-state index contributed by atoms with van der Waals surface area (Å²) in [7, 11) is 0. The molecule has 0 bridgehead atoms. The minimum atomic E-state index is -0.166. The Balaban J connectivity index is 1.96. The lowest BCUT2D eigenvalue weighted by Gasteiger charge is -2.14. The maximum absolute atomic E-state index is 11.5. The molecule has 0 aromatic carbocycles. The van der Waals surface area contributed by atoms with Crippen molar-refractivity contribution in [3.63, 3.8) is 0 Å². The molecule has 0 fully saturated rings. The van der Waals surface area contributed by atoms with E-state index in [0.29, 0.717) is 19.5 Å². The van der Waals surface area contributed by atoms with E-state index in [-0.39, 0.29) is 24.3 Å². The van der Waals surface area contributed by atoms with Crippen molar-refractivity contribution >= 4 is 17.7 Å². The van der Waals surface area contributed by atoms with Crippen LogP contribution >= 0.6 is 0 Å². The second-order valence-electron chi connectivity index (χ2n) is 4.73. The number of nitrogens with one attached hydrogen (secondary N) is 2. The Hall–Kier alpha value is -1.85. The molecule has 0 saturated carbocycles. The standard InChI is InChI=1S/C14H23N3O3/c1-2-15-13(19)11-16-12(18)7-4-3-5-9-17-10-6-8-14(17)20/h6,8H,2-5,7,9-11H2,1H3,(H,15,19)(H,16,18). The molecule has 1 aliphatic rings. The van der Waals surface area contributed by atoms with Crippen LogP contribution in [0.15, 0.2) is 12.2 Å². The number of hydrogen-bond donors (Lipinski definition) is 2. The summed E-state index contributed by atoms with van der Waals surface area (Å²) in [4.78, 5) is 35.7. The van der Waals surface area contributed by atoms with Crippen LogP contribution in [0.5, 0.6) is 0 Å². The number of nitrogens with zero attached hydrogens (tertiary/aromatic N) is 1. The van der Waals surface area contributed by atoms with E-state index in [4.69, 9.17) is 0 Å². The molecular weight excluding hydrogens is 258 g/mol. The predicted octanol–water partition coefficient (Wildman–Crippen LogP) is 0.197. The van der Waals surface area contributed by atoms with E-state index in [9.17, 15) is 14.4 Å². The summed E-state index contributed by atoms with van der Waals surface area (Å²) < 4.78 is 0. The smallest absolute Gasteiger partial charge is 0.246 e. The van der Waals surface area contributed by atoms with Gasteiger partial charge in [-0.1, -0.05) is 12.5 Å². The summed E-state index contributed by atoms with van der Waals surface area (Å²) in [6, 6.07) is 0. The second-order valence-corrected chi connectivity index (χ2v) is 4.73. The van der Waals surface area contributed by atoms with Gasteiger partial charge in [-0.2, -0.15) is 0 Å². The normalized spacial score (nSPS) is 13.7. The van der Waals surface area contributed by atoms with E-state index in [1.165, 1.54) is 0 Å². The molecule has 0 spiro atoms. The van der Waals surface area contributed by atoms with Crippen molar-refractivity contribution in [3.8, 4) is 0 Å². The second kappa shape index (κ2) is 9.12. The number of carbonyl (C=O) groups is 3. The lowest BCUT2D eigenvalue weighted by atomic mass is 10.2. The maximum Gasteiger partial charge on any atom is 0.246 e. The molecule has 0 unspecified atom stereocenters. The fraction of sp³-hybridized carbons (Fsp3) is 0.643. The fourth-order valence-corrected chi connectivity index (χ4v) is 1.97. The molecule has 1 rings (SSSR count). The Morgan fingerprint density at radius 1 is 1.20 bits per heavy atom. The van der Waals surface area contributed by atoms with E-state index < -0.39 is 0 Å². The molecule has 6 heteroatoms. The first-order chi connectivity index (χ1) is 9.63. The molecule has 112 valence electrons. The third kappa shape index (κ3) is 6.36. The average Bonchev–Trinajstić information content (AvgIpc) is 2.82. The summed E-state index contributed by atoms with van der Waals surface area (Å²) in [5.41, 5.74) is 0. The zero-order chi connectivity index (χ0) is 14.8. The van der Waals surface area contributed by atoms with Crippen LogP contribution in [0.4, 0.5) is 0 Å². The van der Waals surface area contributed by atoms with Crippen LogP contribution in [0, 0.1) is 0 Å². The number of likely N-dealkylation sites (N-methyl/N-ethyl adjacent to an activating group) is 1. The Labute approximate surface area is 119 Å². The van der Waals surface area contributed by atoms with Gasteiger partial charge in [-0.3, -0.25) is 14.4 Å². The highest BCUT2D eigenvalue weighted by Gasteiger charge is 2.13. The largest absolute Gasteiger partial charge is 0.355 e. The summed E-state index contributed by atoms with van der Waals surface area (Å²) in [5.74, 6) is -0.194. The molecule has 6 nitrogen and oxygen atoms in total. The Kier molecular flexibility index (Phi) is 7.39. The fourth-order valence-electron chi connectivity index (χ4n) is 1.97. The number of rotatable bonds is 9. The third-order valence-electron chi connectivity index (χ3n) is 3.05. The molecule has 2 N–H and O–H groups in total. The first kappa shape index (κ1) is 16.2. The van der Waals surface area contributed by atoms with Crippen LogP contribution in [0.1, 0.15) is 32.6 Å². The molecule has 0 aliphatic carbocycles. The summed E-state index contributed by atoms with van der Waals surface area (Å²) >= 11 is 0. The highest BCUT2D eigenvalue weighted by Crippen LogP contribution is 2.06. The van der Waals surface area contributed by atoms with E-state index in [2.05, 4.69) is 10.6 Å². The summed E-state index contributed by atoms with van der Waals surface area (Å²) in [6.45, 7) is 3.89. The minimum Gasteiger partial charge on any atom is -0.355 e. The molecule has 20 heavy (non-hydrogen) atoms. The van der Waals surface area contributed by atoms with Gasteiger partial charge in [0.25, 0.3) is 0 Å². The van der Waals surface area contributed by atoms with Crippen LogP contribution in [0.25, 0.3) is 0 Å². The number of unbranched alkanes of at least 4 members (excludes halogenated alkanes) is 2. The van der Waals surface area contributed by atoms with Crippen LogP contribution in [-0.4, -0.2) is 48.8 Å². The minimum absolute atomic E-state index is 0.0423. The van der Waals surface area contributed by atoms with Crippen molar-refractivity contribution in [2.75, 3.05) is 26.2 Å². The molecular formula is C14H23N3O3. The number of hydrogen-bond acceptors (Lipinski definition) is 3. The molecule has 0 atom stereocenters. The van der Waals surface area contributed by atoms with Gasteiger partial charge in [-0.05, 0) is 19.8 Å². The Morgan fingerprint density at radius 2 is 2.00 bits per heavy atom. The van der Waals surface area contributed by atoms with Crippen LogP contribution in [-0.2, 0) is 14.4 Å². The Bertz CT molecular complexity index is 380. The zero-order valence-corrected chi connectivity index (χ0v) is 12.0. The molecule has 0 aromatic rings. The van der Waals surface area contributed by atoms with Crippen molar-refractivity contribution in [1.82, 2.24) is 15.5 Å². The van der Waals surface area contributed by atoms with Gasteiger partial charge in [0.15, 0.2) is 0 Å². The molecule has 3 amide bonds. The summed E-state index contributed by atoms with van der Waals surface area (Å²) in [5, 5.41) is 5.20. The first-order valence-corrected chi connectivity index (χ1v) is 7.12. The van der Waals surface area contributed by atoms with Gasteiger partial charge in [0, 0.05) is 32.1 Å². The molecule has 0 radical (unpaired) electrons. The zero-order valence-electron chi connectivity index (χ0n) is 12.0. The quantitative estimate of drug-likeness (QED) is 0.593. The monoisotopic (exact) mass is 281 g/mol. The Morgan fingerprint density at radius 3 is 2.65 bits per heavy atom. The van der Waals surface area contributed by atoms with E-state index in [1.54, 1.807) is 11.0 Å². The average molecular weight is 281 g/mol. The van der Waals surface area contributed by atoms with E-state index in [1.807, 2.05) is 13.0 Å². The molecule has 0 aromatic heterocycles. The van der Waals surface area contributed by atoms with E-state index >= 15 is 0 Å². The summed E-state index contributed by atoms with van der Waals surface area (Å²) in [6.07, 6.45) is 6.45. The lowest BCUT2D eigenvalue weighted by molar-refractivity contribution is -0.126. The van der Waals surface area contributed by atoms with Crippen LogP contribution < -0.4 is 10.6 Å². The van der Waals surface area contributed by atoms with Crippen LogP contribution in [0.2, 0.25) is 0 Å². The van der Waals surface area contributed by atoms with Crippen molar-refractivity contribution in [1.29, 1.82) is 0 Å². The van der Waals surface area contributed by atoms with Crippen molar-refractivity contribution in [3.05, 3.63) is 12.2 Å². The topological polar surface area (TPSA) is 78.5 Å². The number of carbonyl (C=O) groups excluding carboxylic acids is 3. The maximum atomic E-state index is 11.5. The first-order valence-electron chi connectivity index (χ1n) is 7.12. The van der Waals surface area contributed by atoms with Gasteiger partial charge in [-0.25, -0.2) is 0 Å². The van der Waals surface area contributed by atoms with E-state index in [0.717, 1.165) is 25.8 Å². The van der Waals surface area contributed by atoms with Gasteiger partial charge >= 0.3 is 0 Å². The van der Waals surface area contributed by atoms with Gasteiger partial charge in [0.05, 0.1) is 6.54 Å². The molecule has 0 saturated heterocycles. The van der Waals surface area contributed by atoms with Gasteiger partial charge < -0.3 is 15.5 Å². The van der Waals surface area contributed by atoms with Crippen molar-refractivity contribution in [2.24, 2.45) is 0 Å². The molecule has 1 aliphatic heterocycles. The number of amides is 3. The third-order valence-corrected chi connectivity index (χ3v) is 3.05. The lowest BCUT2D eigenvalue weighted by Crippen LogP contribution is -2.36. The van der Waals surface area contributed by atoms with Gasteiger partial charge in [-0.15, -0.1) is 0 Å². The van der Waals surface area contributed by atoms with Crippen LogP contribution in [0.3, 0.4) is 0 Å². The van der Waals surface area contributed by atoms with Crippen molar-refractivity contribution < 1.29 is 14.4 Å². The highest BCUT2D eigenvalue weighted by molar-refractivity contribution is 5.89. The van der Waals surface area contributed by atoms with Crippen molar-refractivity contribution in [2.45, 2.75) is 32.6 Å². The van der Waals surface area contributed by atoms with Gasteiger partial charge in [0.1, 0.15) is 0 Å². The SMILES string of the molecule is CCNC(=O)CNC(=O)CCCCCN1CC=CC1=O. The van der Waals surface area contributed by atoms with Gasteiger partial charge in [0.2, 0.25) is 17.7 Å². The predicted molar refractivity (Wildman–Crippen MR) is 75.9 cm³/mol. The molecule has 1 heterocycles. The highest BCUT2D eigenvalue weighted by atomic mass is 16.2.